The van der Waals surface area contributed by atoms with Gasteiger partial charge in [0.1, 0.15) is 25.6 Å². The summed E-state index contributed by atoms with van der Waals surface area (Å²) >= 11 is 0. The molecule has 2 unspecified atom stereocenters. The standard InChI is InChI=1S/C24H26BFN8/c1-14-10-15(6-7-19(14)31-28-2)17-11-22(25)34-23(17)21(12-27)30-24(32-34)29-20-8-9-33(13-18(20)26)16-4-3-5-16/h6-7,10-11,16,18,20H,3-5,8-9,13H2,1-2H3,(H,29,32). The Morgan fingerprint density at radius 3 is 2.74 bits per heavy atom. The fraction of sp³-hybridized carbons (Fsp3) is 0.458. The molecule has 34 heavy (non-hydrogen) atoms. The van der Waals surface area contributed by atoms with E-state index in [0.29, 0.717) is 30.1 Å². The largest absolute Gasteiger partial charge is 0.347 e. The van der Waals surface area contributed by atoms with E-state index < -0.39 is 12.2 Å². The van der Waals surface area contributed by atoms with Crippen LogP contribution in [0.5, 0.6) is 0 Å². The molecule has 10 heteroatoms. The molecule has 1 saturated carbocycles. The van der Waals surface area contributed by atoms with Crippen LogP contribution in [0.4, 0.5) is 16.0 Å². The summed E-state index contributed by atoms with van der Waals surface area (Å²) in [5.41, 5.74) is 4.41. The van der Waals surface area contributed by atoms with Crippen molar-refractivity contribution in [1.29, 1.82) is 5.26 Å². The van der Waals surface area contributed by atoms with E-state index in [0.717, 1.165) is 41.8 Å². The first-order valence-corrected chi connectivity index (χ1v) is 11.6. The van der Waals surface area contributed by atoms with Gasteiger partial charge in [0.15, 0.2) is 5.69 Å². The number of nitrogens with zero attached hydrogens (tertiary/aromatic N) is 7. The van der Waals surface area contributed by atoms with E-state index in [1.165, 1.54) is 10.9 Å². The van der Waals surface area contributed by atoms with Crippen molar-refractivity contribution in [1.82, 2.24) is 19.5 Å². The van der Waals surface area contributed by atoms with Gasteiger partial charge in [-0.2, -0.15) is 20.5 Å². The summed E-state index contributed by atoms with van der Waals surface area (Å²) < 4.78 is 16.5. The zero-order chi connectivity index (χ0) is 23.8. The molecule has 5 rings (SSSR count). The maximum Gasteiger partial charge on any atom is 0.242 e. The molecule has 1 saturated heterocycles. The Hall–Kier alpha value is -3.32. The lowest BCUT2D eigenvalue weighted by Crippen LogP contribution is -2.53. The third-order valence-corrected chi connectivity index (χ3v) is 6.94. The van der Waals surface area contributed by atoms with Gasteiger partial charge in [0.05, 0.1) is 11.7 Å². The van der Waals surface area contributed by atoms with Gasteiger partial charge in [-0.25, -0.2) is 8.91 Å². The van der Waals surface area contributed by atoms with E-state index in [2.05, 4.69) is 36.6 Å². The Labute approximate surface area is 199 Å². The van der Waals surface area contributed by atoms with Gasteiger partial charge in [-0.05, 0) is 61.1 Å². The number of benzene rings is 1. The number of hydrogen-bond acceptors (Lipinski definition) is 7. The van der Waals surface area contributed by atoms with Crippen molar-refractivity contribution in [3.63, 3.8) is 0 Å². The van der Waals surface area contributed by atoms with E-state index in [4.69, 9.17) is 7.85 Å². The first kappa shape index (κ1) is 22.5. The molecule has 2 aromatic heterocycles. The summed E-state index contributed by atoms with van der Waals surface area (Å²) in [4.78, 5) is 6.68. The van der Waals surface area contributed by atoms with E-state index in [1.807, 2.05) is 25.1 Å². The minimum absolute atomic E-state index is 0.182. The van der Waals surface area contributed by atoms with E-state index >= 15 is 0 Å². The molecule has 1 aromatic carbocycles. The van der Waals surface area contributed by atoms with Crippen molar-refractivity contribution < 1.29 is 4.39 Å². The lowest BCUT2D eigenvalue weighted by atomic mass is 9.89. The highest BCUT2D eigenvalue weighted by atomic mass is 19.1. The highest BCUT2D eigenvalue weighted by Crippen LogP contribution is 2.32. The maximum absolute atomic E-state index is 15.0. The van der Waals surface area contributed by atoms with E-state index in [9.17, 15) is 9.65 Å². The minimum atomic E-state index is -1.03. The van der Waals surface area contributed by atoms with Crippen molar-refractivity contribution in [3.8, 4) is 17.2 Å². The lowest BCUT2D eigenvalue weighted by molar-refractivity contribution is 0.0552. The third-order valence-electron chi connectivity index (χ3n) is 6.94. The number of rotatable bonds is 5. The number of piperidine rings is 1. The molecule has 3 aromatic rings. The molecule has 3 heterocycles. The number of aryl methyl sites for hydroxylation is 1. The van der Waals surface area contributed by atoms with Crippen LogP contribution in [-0.2, 0) is 0 Å². The lowest BCUT2D eigenvalue weighted by Gasteiger charge is -2.43. The summed E-state index contributed by atoms with van der Waals surface area (Å²) in [5.74, 6) is 0.206. The van der Waals surface area contributed by atoms with Crippen molar-refractivity contribution in [2.75, 3.05) is 25.5 Å². The number of nitriles is 1. The van der Waals surface area contributed by atoms with Crippen LogP contribution in [0.1, 0.15) is 36.9 Å². The molecule has 1 aliphatic carbocycles. The van der Waals surface area contributed by atoms with Gasteiger partial charge in [-0.3, -0.25) is 4.90 Å². The average molecular weight is 456 g/mol. The molecular formula is C24H26BFN8. The van der Waals surface area contributed by atoms with Crippen LogP contribution in [0.15, 0.2) is 34.5 Å². The van der Waals surface area contributed by atoms with Crippen molar-refractivity contribution in [3.05, 3.63) is 35.5 Å². The van der Waals surface area contributed by atoms with Crippen LogP contribution < -0.4 is 10.9 Å². The summed E-state index contributed by atoms with van der Waals surface area (Å²) in [6.07, 6.45) is 3.19. The normalized spacial score (nSPS) is 21.6. The first-order chi connectivity index (χ1) is 16.5. The number of likely N-dealkylation sites (tertiary alicyclic amines) is 1. The predicted octanol–water partition coefficient (Wildman–Crippen LogP) is 3.46. The van der Waals surface area contributed by atoms with Crippen molar-refractivity contribution in [2.24, 2.45) is 10.2 Å². The van der Waals surface area contributed by atoms with Gasteiger partial charge < -0.3 is 5.32 Å². The van der Waals surface area contributed by atoms with Gasteiger partial charge in [-0.15, -0.1) is 5.10 Å². The maximum atomic E-state index is 15.0. The van der Waals surface area contributed by atoms with Gasteiger partial charge in [-0.1, -0.05) is 12.5 Å². The summed E-state index contributed by atoms with van der Waals surface area (Å²) in [6, 6.07) is 9.81. The Balaban J connectivity index is 1.45. The molecule has 1 aliphatic heterocycles. The number of halogens is 1. The van der Waals surface area contributed by atoms with Crippen LogP contribution in [0, 0.1) is 18.3 Å². The van der Waals surface area contributed by atoms with Crippen LogP contribution in [-0.4, -0.2) is 65.7 Å². The highest BCUT2D eigenvalue weighted by molar-refractivity contribution is 6.32. The van der Waals surface area contributed by atoms with Crippen molar-refractivity contribution in [2.45, 2.75) is 50.9 Å². The second-order valence-corrected chi connectivity index (χ2v) is 9.08. The van der Waals surface area contributed by atoms with Gasteiger partial charge in [0.25, 0.3) is 0 Å². The van der Waals surface area contributed by atoms with Crippen LogP contribution in [0.3, 0.4) is 0 Å². The fourth-order valence-corrected chi connectivity index (χ4v) is 4.87. The number of azo groups is 1. The first-order valence-electron chi connectivity index (χ1n) is 11.6. The second kappa shape index (κ2) is 9.14. The molecule has 172 valence electrons. The monoisotopic (exact) mass is 456 g/mol. The number of nitrogens with one attached hydrogen (secondary N) is 1. The molecule has 2 atom stereocenters. The Kier molecular flexibility index (Phi) is 6.04. The summed E-state index contributed by atoms with van der Waals surface area (Å²) in [5, 5.41) is 25.5. The number of fused-ring (bicyclic) bond motifs is 1. The Bertz CT molecular complexity index is 1290. The zero-order valence-electron chi connectivity index (χ0n) is 19.4. The van der Waals surface area contributed by atoms with Crippen molar-refractivity contribution >= 4 is 30.6 Å². The third kappa shape index (κ3) is 4.05. The number of aromatic nitrogens is 3. The minimum Gasteiger partial charge on any atom is -0.347 e. The number of anilines is 1. The van der Waals surface area contributed by atoms with Gasteiger partial charge in [0.2, 0.25) is 5.95 Å². The molecule has 2 aliphatic rings. The van der Waals surface area contributed by atoms with Gasteiger partial charge >= 0.3 is 0 Å². The Morgan fingerprint density at radius 2 is 2.09 bits per heavy atom. The molecule has 0 spiro atoms. The topological polar surface area (TPSA) is 94.0 Å². The molecular weight excluding hydrogens is 430 g/mol. The Morgan fingerprint density at radius 1 is 1.26 bits per heavy atom. The quantitative estimate of drug-likeness (QED) is 0.469. The molecule has 0 bridgehead atoms. The average Bonchev–Trinajstić information content (AvgIpc) is 3.12. The highest BCUT2D eigenvalue weighted by Gasteiger charge is 2.35. The summed E-state index contributed by atoms with van der Waals surface area (Å²) in [7, 11) is 7.90. The number of hydrogen-bond donors (Lipinski definition) is 1. The molecule has 2 radical (unpaired) electrons. The second-order valence-electron chi connectivity index (χ2n) is 9.08. The van der Waals surface area contributed by atoms with Crippen LogP contribution >= 0.6 is 0 Å². The SMILES string of the molecule is [B]c1cc(-c2ccc(N=NC)c(C)c2)c2c(C#N)nc(NC3CCN(C4CCC4)CC3F)nn12. The summed E-state index contributed by atoms with van der Waals surface area (Å²) in [6.45, 7) is 3.21. The smallest absolute Gasteiger partial charge is 0.242 e. The van der Waals surface area contributed by atoms with E-state index in [1.54, 1.807) is 13.1 Å². The number of alkyl halides is 1. The molecule has 1 N–H and O–H groups in total. The van der Waals surface area contributed by atoms with Gasteiger partial charge in [0, 0.05) is 31.7 Å². The van der Waals surface area contributed by atoms with E-state index in [-0.39, 0.29) is 11.6 Å². The predicted molar refractivity (Wildman–Crippen MR) is 130 cm³/mol. The molecule has 2 fully saturated rings. The molecule has 0 amide bonds. The zero-order valence-corrected chi connectivity index (χ0v) is 19.4. The molecule has 8 nitrogen and oxygen atoms in total. The van der Waals surface area contributed by atoms with Crippen LogP contribution in [0.2, 0.25) is 0 Å². The van der Waals surface area contributed by atoms with Crippen LogP contribution in [0.25, 0.3) is 16.6 Å². The fourth-order valence-electron chi connectivity index (χ4n) is 4.87.